The van der Waals surface area contributed by atoms with E-state index in [0.29, 0.717) is 17.9 Å². The van der Waals surface area contributed by atoms with Gasteiger partial charge >= 0.3 is 6.18 Å². The molecule has 0 saturated heterocycles. The van der Waals surface area contributed by atoms with Gasteiger partial charge in [-0.2, -0.15) is 13.2 Å². The van der Waals surface area contributed by atoms with E-state index in [2.05, 4.69) is 15.3 Å². The van der Waals surface area contributed by atoms with Crippen LogP contribution in [0.1, 0.15) is 57.7 Å². The molecule has 8 heteroatoms. The standard InChI is InChI=1S/C17H21F3N4O/c1-3-10(2)9-14(25)23-16-21-12-7-8-13(17(18,19)20)22-15(12)24(16)11-5-4-6-11/h7-8,10-11H,3-6,9H2,1-2H3,(H,21,23,25)/t10-/m0/s1. The molecular formula is C17H21F3N4O. The van der Waals surface area contributed by atoms with Crippen molar-refractivity contribution in [1.82, 2.24) is 14.5 Å². The molecule has 25 heavy (non-hydrogen) atoms. The highest BCUT2D eigenvalue weighted by Crippen LogP contribution is 2.38. The number of nitrogens with zero attached hydrogens (tertiary/aromatic N) is 3. The van der Waals surface area contributed by atoms with Crippen molar-refractivity contribution in [2.45, 2.75) is 58.2 Å². The number of hydrogen-bond donors (Lipinski definition) is 1. The normalized spacial score (nSPS) is 16.7. The molecule has 0 aromatic carbocycles. The summed E-state index contributed by atoms with van der Waals surface area (Å²) in [4.78, 5) is 20.3. The van der Waals surface area contributed by atoms with Crippen LogP contribution in [-0.2, 0) is 11.0 Å². The number of imidazole rings is 1. The molecule has 1 atom stereocenters. The average molecular weight is 354 g/mol. The molecule has 1 aliphatic carbocycles. The number of halogens is 3. The molecule has 1 saturated carbocycles. The molecule has 3 rings (SSSR count). The largest absolute Gasteiger partial charge is 0.433 e. The Labute approximate surface area is 143 Å². The first kappa shape index (κ1) is 17.7. The number of alkyl halides is 3. The van der Waals surface area contributed by atoms with Crippen LogP contribution in [0.25, 0.3) is 11.2 Å². The third kappa shape index (κ3) is 3.62. The maximum absolute atomic E-state index is 13.0. The fourth-order valence-electron chi connectivity index (χ4n) is 2.85. The van der Waals surface area contributed by atoms with Gasteiger partial charge in [-0.25, -0.2) is 9.97 Å². The van der Waals surface area contributed by atoms with Crippen LogP contribution in [0.4, 0.5) is 19.1 Å². The fraction of sp³-hybridized carbons (Fsp3) is 0.588. The van der Waals surface area contributed by atoms with E-state index in [1.807, 2.05) is 13.8 Å². The van der Waals surface area contributed by atoms with Crippen molar-refractivity contribution in [3.63, 3.8) is 0 Å². The molecule has 1 aliphatic rings. The van der Waals surface area contributed by atoms with E-state index in [1.54, 1.807) is 4.57 Å². The minimum absolute atomic E-state index is 0.0277. The molecule has 1 fully saturated rings. The molecule has 0 radical (unpaired) electrons. The van der Waals surface area contributed by atoms with E-state index >= 15 is 0 Å². The van der Waals surface area contributed by atoms with Crippen LogP contribution < -0.4 is 5.32 Å². The predicted octanol–water partition coefficient (Wildman–Crippen LogP) is 4.55. The van der Waals surface area contributed by atoms with Crippen LogP contribution in [0.3, 0.4) is 0 Å². The third-order valence-electron chi connectivity index (χ3n) is 4.75. The van der Waals surface area contributed by atoms with Gasteiger partial charge in [0.05, 0.1) is 0 Å². The van der Waals surface area contributed by atoms with Gasteiger partial charge in [0.2, 0.25) is 11.9 Å². The minimum Gasteiger partial charge on any atom is -0.296 e. The number of nitrogens with one attached hydrogen (secondary N) is 1. The molecule has 1 N–H and O–H groups in total. The molecule has 136 valence electrons. The lowest BCUT2D eigenvalue weighted by Gasteiger charge is -2.28. The lowest BCUT2D eigenvalue weighted by molar-refractivity contribution is -0.141. The van der Waals surface area contributed by atoms with Gasteiger partial charge in [0.25, 0.3) is 0 Å². The maximum atomic E-state index is 13.0. The summed E-state index contributed by atoms with van der Waals surface area (Å²) in [6.45, 7) is 3.98. The molecule has 0 spiro atoms. The SMILES string of the molecule is CC[C@H](C)CC(=O)Nc1nc2ccc(C(F)(F)F)nc2n1C1CCC1. The number of aromatic nitrogens is 3. The van der Waals surface area contributed by atoms with Gasteiger partial charge in [-0.1, -0.05) is 20.3 Å². The van der Waals surface area contributed by atoms with Gasteiger partial charge in [0.15, 0.2) is 5.65 Å². The van der Waals surface area contributed by atoms with Gasteiger partial charge in [-0.05, 0) is 37.3 Å². The first-order valence-electron chi connectivity index (χ1n) is 8.55. The van der Waals surface area contributed by atoms with Gasteiger partial charge in [-0.15, -0.1) is 0 Å². The predicted molar refractivity (Wildman–Crippen MR) is 88.1 cm³/mol. The first-order chi connectivity index (χ1) is 11.8. The Morgan fingerprint density at radius 1 is 1.36 bits per heavy atom. The Kier molecular flexibility index (Phi) is 4.71. The van der Waals surface area contributed by atoms with Crippen molar-refractivity contribution in [2.75, 3.05) is 5.32 Å². The zero-order valence-corrected chi connectivity index (χ0v) is 14.2. The second-order valence-electron chi connectivity index (χ2n) is 6.69. The Hall–Kier alpha value is -2.12. The molecule has 2 aromatic rings. The van der Waals surface area contributed by atoms with Gasteiger partial charge in [0, 0.05) is 12.5 Å². The van der Waals surface area contributed by atoms with E-state index in [0.717, 1.165) is 31.7 Å². The van der Waals surface area contributed by atoms with E-state index in [-0.39, 0.29) is 23.5 Å². The van der Waals surface area contributed by atoms with Crippen molar-refractivity contribution in [1.29, 1.82) is 0 Å². The summed E-state index contributed by atoms with van der Waals surface area (Å²) in [5.74, 6) is 0.345. The third-order valence-corrected chi connectivity index (χ3v) is 4.75. The number of amides is 1. The van der Waals surface area contributed by atoms with Crippen LogP contribution in [-0.4, -0.2) is 20.4 Å². The molecule has 2 aromatic heterocycles. The first-order valence-corrected chi connectivity index (χ1v) is 8.55. The van der Waals surface area contributed by atoms with Crippen LogP contribution in [0.2, 0.25) is 0 Å². The molecular weight excluding hydrogens is 333 g/mol. The summed E-state index contributed by atoms with van der Waals surface area (Å²) in [5, 5.41) is 2.76. The Balaban J connectivity index is 1.98. The zero-order chi connectivity index (χ0) is 18.2. The van der Waals surface area contributed by atoms with E-state index in [9.17, 15) is 18.0 Å². The highest BCUT2D eigenvalue weighted by molar-refractivity contribution is 5.91. The highest BCUT2D eigenvalue weighted by atomic mass is 19.4. The Morgan fingerprint density at radius 2 is 2.08 bits per heavy atom. The fourth-order valence-corrected chi connectivity index (χ4v) is 2.85. The number of carbonyl (C=O) groups is 1. The number of pyridine rings is 1. The van der Waals surface area contributed by atoms with E-state index in [1.165, 1.54) is 6.07 Å². The average Bonchev–Trinajstić information content (AvgIpc) is 2.82. The summed E-state index contributed by atoms with van der Waals surface area (Å²) >= 11 is 0. The van der Waals surface area contributed by atoms with Gasteiger partial charge < -0.3 is 0 Å². The van der Waals surface area contributed by atoms with Crippen molar-refractivity contribution in [3.8, 4) is 0 Å². The van der Waals surface area contributed by atoms with Crippen LogP contribution >= 0.6 is 0 Å². The van der Waals surface area contributed by atoms with Crippen LogP contribution in [0, 0.1) is 5.92 Å². The van der Waals surface area contributed by atoms with E-state index in [4.69, 9.17) is 0 Å². The van der Waals surface area contributed by atoms with Crippen molar-refractivity contribution in [3.05, 3.63) is 17.8 Å². The molecule has 2 heterocycles. The summed E-state index contributed by atoms with van der Waals surface area (Å²) in [6, 6.07) is 2.26. The van der Waals surface area contributed by atoms with Crippen molar-refractivity contribution in [2.24, 2.45) is 5.92 Å². The maximum Gasteiger partial charge on any atom is 0.433 e. The van der Waals surface area contributed by atoms with Gasteiger partial charge in [-0.3, -0.25) is 14.7 Å². The van der Waals surface area contributed by atoms with Crippen molar-refractivity contribution >= 4 is 23.0 Å². The number of rotatable bonds is 5. The molecule has 1 amide bonds. The quantitative estimate of drug-likeness (QED) is 0.857. The second-order valence-corrected chi connectivity index (χ2v) is 6.69. The summed E-state index contributed by atoms with van der Waals surface area (Å²) in [7, 11) is 0. The summed E-state index contributed by atoms with van der Waals surface area (Å²) < 4.78 is 40.6. The van der Waals surface area contributed by atoms with Crippen LogP contribution in [0.15, 0.2) is 12.1 Å². The molecule has 0 bridgehead atoms. The molecule has 0 unspecified atom stereocenters. The highest BCUT2D eigenvalue weighted by Gasteiger charge is 2.34. The number of hydrogen-bond acceptors (Lipinski definition) is 3. The van der Waals surface area contributed by atoms with Gasteiger partial charge in [0.1, 0.15) is 11.2 Å². The smallest absolute Gasteiger partial charge is 0.296 e. The summed E-state index contributed by atoms with van der Waals surface area (Å²) in [6.07, 6.45) is -0.587. The topological polar surface area (TPSA) is 59.8 Å². The molecule has 5 nitrogen and oxygen atoms in total. The lowest BCUT2D eigenvalue weighted by atomic mass is 9.93. The monoisotopic (exact) mass is 354 g/mol. The second kappa shape index (κ2) is 6.65. The number of fused-ring (bicyclic) bond motifs is 1. The molecule has 0 aliphatic heterocycles. The number of carbonyl (C=O) groups excluding carboxylic acids is 1. The van der Waals surface area contributed by atoms with Crippen molar-refractivity contribution < 1.29 is 18.0 Å². The Morgan fingerprint density at radius 3 is 2.64 bits per heavy atom. The van der Waals surface area contributed by atoms with Crippen LogP contribution in [0.5, 0.6) is 0 Å². The van der Waals surface area contributed by atoms with E-state index < -0.39 is 11.9 Å². The number of anilines is 1. The lowest BCUT2D eigenvalue weighted by Crippen LogP contribution is -2.23. The minimum atomic E-state index is -4.51. The zero-order valence-electron chi connectivity index (χ0n) is 14.2. The summed E-state index contributed by atoms with van der Waals surface area (Å²) in [5.41, 5.74) is -0.407. The Bertz CT molecular complexity index is 780.